The summed E-state index contributed by atoms with van der Waals surface area (Å²) in [6.07, 6.45) is 6.06. The maximum Gasteiger partial charge on any atom is 0.232 e. The molecule has 0 atom stereocenters. The van der Waals surface area contributed by atoms with Crippen LogP contribution in [0.2, 0.25) is 0 Å². The Morgan fingerprint density at radius 1 is 1.19 bits per heavy atom. The first kappa shape index (κ1) is 12.1. The van der Waals surface area contributed by atoms with Gasteiger partial charge in [0, 0.05) is 49.2 Å². The molecule has 3 aromatic rings. The Hall–Kier alpha value is -2.69. The van der Waals surface area contributed by atoms with Crippen molar-refractivity contribution in [2.75, 3.05) is 11.9 Å². The summed E-state index contributed by atoms with van der Waals surface area (Å²) in [6, 6.07) is 6.11. The third-order valence-electron chi connectivity index (χ3n) is 4.06. The van der Waals surface area contributed by atoms with Crippen molar-refractivity contribution in [3.8, 4) is 11.1 Å². The van der Waals surface area contributed by atoms with Crippen LogP contribution in [-0.4, -0.2) is 27.5 Å². The van der Waals surface area contributed by atoms with E-state index >= 15 is 0 Å². The molecule has 3 aromatic heterocycles. The number of aromatic nitrogens is 3. The van der Waals surface area contributed by atoms with Gasteiger partial charge in [0.2, 0.25) is 5.91 Å². The lowest BCUT2D eigenvalue weighted by molar-refractivity contribution is -0.117. The number of aryl methyl sites for hydroxylation is 1. The number of anilines is 1. The Bertz CT molecular complexity index is 881. The third kappa shape index (κ3) is 1.67. The van der Waals surface area contributed by atoms with Gasteiger partial charge in [-0.15, -0.1) is 0 Å². The highest BCUT2D eigenvalue weighted by Crippen LogP contribution is 2.32. The zero-order chi connectivity index (χ0) is 14.6. The van der Waals surface area contributed by atoms with E-state index in [1.54, 1.807) is 11.9 Å². The van der Waals surface area contributed by atoms with Crippen molar-refractivity contribution < 1.29 is 4.79 Å². The Morgan fingerprint density at radius 3 is 2.90 bits per heavy atom. The van der Waals surface area contributed by atoms with Crippen LogP contribution in [0.4, 0.5) is 5.82 Å². The first-order valence-corrected chi connectivity index (χ1v) is 6.81. The molecule has 5 heteroatoms. The molecule has 0 saturated carbocycles. The lowest BCUT2D eigenvalue weighted by Gasteiger charge is -2.09. The summed E-state index contributed by atoms with van der Waals surface area (Å²) in [5, 5.41) is 1.10. The summed E-state index contributed by atoms with van der Waals surface area (Å²) in [5.74, 6) is 0.858. The fraction of sp³-hybridized carbons (Fsp3) is 0.188. The maximum atomic E-state index is 11.8. The van der Waals surface area contributed by atoms with Crippen LogP contribution in [0.5, 0.6) is 0 Å². The van der Waals surface area contributed by atoms with Gasteiger partial charge < -0.3 is 4.57 Å². The van der Waals surface area contributed by atoms with Crippen molar-refractivity contribution in [2.24, 2.45) is 7.05 Å². The minimum Gasteiger partial charge on any atom is -0.336 e. The molecule has 0 unspecified atom stereocenters. The molecular weight excluding hydrogens is 264 g/mol. The molecule has 104 valence electrons. The molecule has 0 bridgehead atoms. The van der Waals surface area contributed by atoms with Crippen LogP contribution < -0.4 is 4.90 Å². The van der Waals surface area contributed by atoms with Crippen LogP contribution in [-0.2, 0) is 18.3 Å². The van der Waals surface area contributed by atoms with E-state index in [1.165, 1.54) is 0 Å². The molecule has 5 nitrogen and oxygen atoms in total. The zero-order valence-corrected chi connectivity index (χ0v) is 11.9. The first-order valence-electron chi connectivity index (χ1n) is 6.81. The standard InChI is InChI=1S/C16H14N4O/c1-19-6-4-13-12(3-5-17-16(13)19)11-7-10-8-14(21)20(2)15(10)18-9-11/h3-7,9H,8H2,1-2H3. The van der Waals surface area contributed by atoms with Crippen molar-refractivity contribution in [2.45, 2.75) is 6.42 Å². The Labute approximate surface area is 121 Å². The highest BCUT2D eigenvalue weighted by molar-refractivity contribution is 6.01. The van der Waals surface area contributed by atoms with Gasteiger partial charge in [-0.1, -0.05) is 0 Å². The molecule has 0 saturated heterocycles. The number of carbonyl (C=O) groups excluding carboxylic acids is 1. The lowest BCUT2D eigenvalue weighted by atomic mass is 10.0. The van der Waals surface area contributed by atoms with Crippen molar-refractivity contribution in [3.63, 3.8) is 0 Å². The van der Waals surface area contributed by atoms with E-state index in [0.29, 0.717) is 6.42 Å². The van der Waals surface area contributed by atoms with Gasteiger partial charge in [-0.25, -0.2) is 9.97 Å². The highest BCUT2D eigenvalue weighted by atomic mass is 16.2. The van der Waals surface area contributed by atoms with E-state index in [-0.39, 0.29) is 5.91 Å². The normalized spacial score (nSPS) is 14.0. The monoisotopic (exact) mass is 278 g/mol. The predicted molar refractivity (Wildman–Crippen MR) is 81.1 cm³/mol. The van der Waals surface area contributed by atoms with Gasteiger partial charge in [-0.3, -0.25) is 9.69 Å². The third-order valence-corrected chi connectivity index (χ3v) is 4.06. The molecule has 1 amide bonds. The summed E-state index contributed by atoms with van der Waals surface area (Å²) < 4.78 is 2.00. The molecule has 0 aromatic carbocycles. The number of rotatable bonds is 1. The van der Waals surface area contributed by atoms with Gasteiger partial charge in [-0.2, -0.15) is 0 Å². The summed E-state index contributed by atoms with van der Waals surface area (Å²) in [6.45, 7) is 0. The average Bonchev–Trinajstić information content (AvgIpc) is 3.00. The van der Waals surface area contributed by atoms with Gasteiger partial charge in [0.15, 0.2) is 0 Å². The van der Waals surface area contributed by atoms with Crippen molar-refractivity contribution >= 4 is 22.8 Å². The maximum absolute atomic E-state index is 11.8. The number of carbonyl (C=O) groups is 1. The molecular formula is C16H14N4O. The second-order valence-corrected chi connectivity index (χ2v) is 5.36. The molecule has 4 heterocycles. The summed E-state index contributed by atoms with van der Waals surface area (Å²) >= 11 is 0. The van der Waals surface area contributed by atoms with Crippen LogP contribution in [0.25, 0.3) is 22.2 Å². The van der Waals surface area contributed by atoms with Crippen molar-refractivity contribution in [1.29, 1.82) is 0 Å². The number of likely N-dealkylation sites (N-methyl/N-ethyl adjacent to an activating group) is 1. The zero-order valence-electron chi connectivity index (χ0n) is 11.9. The first-order chi connectivity index (χ1) is 10.1. The van der Waals surface area contributed by atoms with Crippen molar-refractivity contribution in [1.82, 2.24) is 14.5 Å². The predicted octanol–water partition coefficient (Wildman–Crippen LogP) is 2.15. The molecule has 1 aliphatic rings. The minimum absolute atomic E-state index is 0.0919. The van der Waals surface area contributed by atoms with Crippen LogP contribution in [0, 0.1) is 0 Å². The number of amides is 1. The molecule has 21 heavy (non-hydrogen) atoms. The Balaban J connectivity index is 1.91. The van der Waals surface area contributed by atoms with Gasteiger partial charge >= 0.3 is 0 Å². The minimum atomic E-state index is 0.0919. The van der Waals surface area contributed by atoms with E-state index in [4.69, 9.17) is 0 Å². The summed E-state index contributed by atoms with van der Waals surface area (Å²) in [5.41, 5.74) is 4.05. The SMILES string of the molecule is CN1C(=O)Cc2cc(-c3ccnc4c3ccn4C)cnc21. The fourth-order valence-electron chi connectivity index (χ4n) is 2.90. The molecule has 0 radical (unpaired) electrons. The van der Waals surface area contributed by atoms with Crippen LogP contribution in [0.3, 0.4) is 0 Å². The van der Waals surface area contributed by atoms with Gasteiger partial charge in [0.25, 0.3) is 0 Å². The van der Waals surface area contributed by atoms with E-state index < -0.39 is 0 Å². The van der Waals surface area contributed by atoms with Crippen LogP contribution >= 0.6 is 0 Å². The smallest absolute Gasteiger partial charge is 0.232 e. The van der Waals surface area contributed by atoms with E-state index in [0.717, 1.165) is 33.5 Å². The Kier molecular flexibility index (Phi) is 2.39. The lowest BCUT2D eigenvalue weighted by Crippen LogP contribution is -2.21. The summed E-state index contributed by atoms with van der Waals surface area (Å²) in [4.78, 5) is 22.2. The number of hydrogen-bond donors (Lipinski definition) is 0. The second-order valence-electron chi connectivity index (χ2n) is 5.36. The van der Waals surface area contributed by atoms with Gasteiger partial charge in [-0.05, 0) is 23.8 Å². The summed E-state index contributed by atoms with van der Waals surface area (Å²) in [7, 11) is 3.75. The number of hydrogen-bond acceptors (Lipinski definition) is 3. The van der Waals surface area contributed by atoms with E-state index in [9.17, 15) is 4.79 Å². The quantitative estimate of drug-likeness (QED) is 0.685. The van der Waals surface area contributed by atoms with Crippen LogP contribution in [0.1, 0.15) is 5.56 Å². The molecule has 0 N–H and O–H groups in total. The molecule has 1 aliphatic heterocycles. The second kappa shape index (κ2) is 4.15. The molecule has 0 spiro atoms. The van der Waals surface area contributed by atoms with E-state index in [1.807, 2.05) is 36.3 Å². The van der Waals surface area contributed by atoms with Gasteiger partial charge in [0.05, 0.1) is 6.42 Å². The highest BCUT2D eigenvalue weighted by Gasteiger charge is 2.25. The fourth-order valence-corrected chi connectivity index (χ4v) is 2.90. The van der Waals surface area contributed by atoms with Crippen molar-refractivity contribution in [3.05, 3.63) is 42.4 Å². The molecule has 0 aliphatic carbocycles. The Morgan fingerprint density at radius 2 is 2.05 bits per heavy atom. The largest absolute Gasteiger partial charge is 0.336 e. The topological polar surface area (TPSA) is 51.0 Å². The van der Waals surface area contributed by atoms with Gasteiger partial charge in [0.1, 0.15) is 11.5 Å². The number of pyridine rings is 2. The average molecular weight is 278 g/mol. The van der Waals surface area contributed by atoms with E-state index in [2.05, 4.69) is 22.1 Å². The van der Waals surface area contributed by atoms with Crippen LogP contribution in [0.15, 0.2) is 36.8 Å². The molecule has 4 rings (SSSR count). The number of fused-ring (bicyclic) bond motifs is 2. The molecule has 0 fully saturated rings. The number of nitrogens with zero attached hydrogens (tertiary/aromatic N) is 4.